The van der Waals surface area contributed by atoms with Gasteiger partial charge in [0.1, 0.15) is 5.82 Å². The van der Waals surface area contributed by atoms with Gasteiger partial charge >= 0.3 is 0 Å². The fourth-order valence-electron chi connectivity index (χ4n) is 1.36. The number of nitriles is 1. The number of rotatable bonds is 1. The van der Waals surface area contributed by atoms with E-state index < -0.39 is 11.8 Å². The highest BCUT2D eigenvalue weighted by atomic mass is 19.1. The third-order valence-corrected chi connectivity index (χ3v) is 2.15. The number of aromatic nitrogens is 1. The first-order valence-corrected chi connectivity index (χ1v) is 4.52. The second kappa shape index (κ2) is 4.07. The monoisotopic (exact) mass is 216 g/mol. The number of hydrogen-bond acceptors (Lipinski definition) is 2. The first-order valence-electron chi connectivity index (χ1n) is 4.52. The van der Waals surface area contributed by atoms with E-state index in [1.54, 1.807) is 24.3 Å². The molecule has 0 aliphatic heterocycles. The van der Waals surface area contributed by atoms with Gasteiger partial charge in [0, 0.05) is 11.6 Å². The van der Waals surface area contributed by atoms with Gasteiger partial charge in [-0.3, -0.25) is 0 Å². The van der Waals surface area contributed by atoms with Gasteiger partial charge in [0.25, 0.3) is 0 Å². The third-order valence-electron chi connectivity index (χ3n) is 2.15. The Morgan fingerprint density at radius 1 is 1.12 bits per heavy atom. The van der Waals surface area contributed by atoms with Gasteiger partial charge < -0.3 is 0 Å². The minimum atomic E-state index is -0.735. The minimum Gasteiger partial charge on any atom is -0.225 e. The van der Waals surface area contributed by atoms with Gasteiger partial charge in [-0.25, -0.2) is 9.37 Å². The molecule has 0 atom stereocenters. The Morgan fingerprint density at radius 3 is 2.44 bits per heavy atom. The molecule has 2 nitrogen and oxygen atoms in total. The molecule has 0 radical (unpaired) electrons. The molecular weight excluding hydrogens is 210 g/mol. The molecule has 1 heterocycles. The van der Waals surface area contributed by atoms with Crippen LogP contribution in [-0.4, -0.2) is 4.98 Å². The van der Waals surface area contributed by atoms with E-state index in [-0.39, 0.29) is 5.56 Å². The van der Waals surface area contributed by atoms with E-state index in [4.69, 9.17) is 5.26 Å². The van der Waals surface area contributed by atoms with Crippen LogP contribution in [0.1, 0.15) is 5.56 Å². The normalized spacial score (nSPS) is 9.81. The third kappa shape index (κ3) is 1.89. The van der Waals surface area contributed by atoms with Crippen LogP contribution in [-0.2, 0) is 0 Å². The van der Waals surface area contributed by atoms with Crippen LogP contribution in [0.15, 0.2) is 36.5 Å². The molecule has 2 aromatic rings. The topological polar surface area (TPSA) is 36.7 Å². The van der Waals surface area contributed by atoms with Crippen LogP contribution < -0.4 is 0 Å². The van der Waals surface area contributed by atoms with Crippen LogP contribution in [0.3, 0.4) is 0 Å². The summed E-state index contributed by atoms with van der Waals surface area (Å²) in [6.07, 6.45) is 0.836. The highest BCUT2D eigenvalue weighted by Gasteiger charge is 2.07. The zero-order valence-electron chi connectivity index (χ0n) is 8.11. The van der Waals surface area contributed by atoms with Crippen molar-refractivity contribution in [1.82, 2.24) is 4.98 Å². The summed E-state index contributed by atoms with van der Waals surface area (Å²) in [7, 11) is 0. The van der Waals surface area contributed by atoms with E-state index >= 15 is 0 Å². The number of halogens is 2. The summed E-state index contributed by atoms with van der Waals surface area (Å²) in [6.45, 7) is 0. The highest BCUT2D eigenvalue weighted by molar-refractivity contribution is 5.64. The summed E-state index contributed by atoms with van der Waals surface area (Å²) in [5, 5.41) is 8.60. The summed E-state index contributed by atoms with van der Waals surface area (Å²) >= 11 is 0. The Bertz CT molecular complexity index is 556. The van der Waals surface area contributed by atoms with E-state index in [9.17, 15) is 8.78 Å². The predicted molar refractivity (Wildman–Crippen MR) is 54.3 cm³/mol. The maximum absolute atomic E-state index is 13.3. The van der Waals surface area contributed by atoms with Crippen molar-refractivity contribution in [3.8, 4) is 17.2 Å². The number of benzene rings is 1. The van der Waals surface area contributed by atoms with Crippen LogP contribution in [0.25, 0.3) is 11.1 Å². The van der Waals surface area contributed by atoms with E-state index in [1.165, 1.54) is 0 Å². The Balaban J connectivity index is 2.50. The first-order chi connectivity index (χ1) is 7.70. The zero-order chi connectivity index (χ0) is 11.5. The largest absolute Gasteiger partial charge is 0.225 e. The molecule has 2 rings (SSSR count). The van der Waals surface area contributed by atoms with E-state index in [0.29, 0.717) is 11.1 Å². The molecule has 16 heavy (non-hydrogen) atoms. The molecule has 1 aromatic heterocycles. The molecular formula is C12H6F2N2. The molecule has 0 saturated carbocycles. The molecule has 0 spiro atoms. The maximum atomic E-state index is 13.3. The predicted octanol–water partition coefficient (Wildman–Crippen LogP) is 2.90. The highest BCUT2D eigenvalue weighted by Crippen LogP contribution is 2.22. The zero-order valence-corrected chi connectivity index (χ0v) is 8.11. The standard InChI is InChI=1S/C12H6F2N2/c13-11-7-16-12(14)5-10(11)9-3-1-8(6-15)2-4-9/h1-5,7H. The lowest BCUT2D eigenvalue weighted by Crippen LogP contribution is -1.90. The van der Waals surface area contributed by atoms with E-state index in [0.717, 1.165) is 12.3 Å². The van der Waals surface area contributed by atoms with Crippen LogP contribution in [0.4, 0.5) is 8.78 Å². The van der Waals surface area contributed by atoms with Crippen molar-refractivity contribution in [2.24, 2.45) is 0 Å². The fourth-order valence-corrected chi connectivity index (χ4v) is 1.36. The molecule has 0 saturated heterocycles. The van der Waals surface area contributed by atoms with E-state index in [1.807, 2.05) is 6.07 Å². The lowest BCUT2D eigenvalue weighted by molar-refractivity contribution is 0.562. The molecule has 0 unspecified atom stereocenters. The van der Waals surface area contributed by atoms with Crippen molar-refractivity contribution in [2.75, 3.05) is 0 Å². The Morgan fingerprint density at radius 2 is 1.81 bits per heavy atom. The van der Waals surface area contributed by atoms with Crippen molar-refractivity contribution >= 4 is 0 Å². The number of nitrogens with zero attached hydrogens (tertiary/aromatic N) is 2. The van der Waals surface area contributed by atoms with Crippen LogP contribution in [0.2, 0.25) is 0 Å². The number of hydrogen-bond donors (Lipinski definition) is 0. The summed E-state index contributed by atoms with van der Waals surface area (Å²) in [4.78, 5) is 3.20. The van der Waals surface area contributed by atoms with Gasteiger partial charge in [-0.05, 0) is 17.7 Å². The quantitative estimate of drug-likeness (QED) is 0.687. The molecule has 0 aliphatic rings. The van der Waals surface area contributed by atoms with Gasteiger partial charge in [-0.15, -0.1) is 0 Å². The van der Waals surface area contributed by atoms with Gasteiger partial charge in [0.15, 0.2) is 0 Å². The van der Waals surface area contributed by atoms with Crippen molar-refractivity contribution < 1.29 is 8.78 Å². The average molecular weight is 216 g/mol. The molecule has 0 fully saturated rings. The summed E-state index contributed by atoms with van der Waals surface area (Å²) in [5.74, 6) is -1.33. The first kappa shape index (κ1) is 10.2. The van der Waals surface area contributed by atoms with Crippen LogP contribution >= 0.6 is 0 Å². The van der Waals surface area contributed by atoms with Gasteiger partial charge in [0.05, 0.1) is 17.8 Å². The van der Waals surface area contributed by atoms with Crippen molar-refractivity contribution in [3.05, 3.63) is 53.9 Å². The summed E-state index contributed by atoms with van der Waals surface area (Å²) < 4.78 is 26.2. The molecule has 1 aromatic carbocycles. The molecule has 0 bridgehead atoms. The number of pyridine rings is 1. The molecule has 78 valence electrons. The minimum absolute atomic E-state index is 0.136. The lowest BCUT2D eigenvalue weighted by Gasteiger charge is -2.02. The van der Waals surface area contributed by atoms with Crippen molar-refractivity contribution in [3.63, 3.8) is 0 Å². The Kier molecular flexibility index (Phi) is 2.61. The second-order valence-corrected chi connectivity index (χ2v) is 3.18. The van der Waals surface area contributed by atoms with Gasteiger partial charge in [-0.2, -0.15) is 9.65 Å². The molecule has 4 heteroatoms. The van der Waals surface area contributed by atoms with Crippen LogP contribution in [0.5, 0.6) is 0 Å². The molecule has 0 amide bonds. The molecule has 0 aliphatic carbocycles. The Hall–Kier alpha value is -2.28. The molecule has 0 N–H and O–H groups in total. The smallest absolute Gasteiger partial charge is 0.213 e. The average Bonchev–Trinajstić information content (AvgIpc) is 2.32. The second-order valence-electron chi connectivity index (χ2n) is 3.18. The lowest BCUT2D eigenvalue weighted by atomic mass is 10.1. The van der Waals surface area contributed by atoms with Gasteiger partial charge in [-0.1, -0.05) is 12.1 Å². The van der Waals surface area contributed by atoms with Gasteiger partial charge in [0.2, 0.25) is 5.95 Å². The SMILES string of the molecule is N#Cc1ccc(-c2cc(F)ncc2F)cc1. The maximum Gasteiger partial charge on any atom is 0.213 e. The van der Waals surface area contributed by atoms with Crippen LogP contribution in [0, 0.1) is 23.1 Å². The van der Waals surface area contributed by atoms with Crippen molar-refractivity contribution in [2.45, 2.75) is 0 Å². The fraction of sp³-hybridized carbons (Fsp3) is 0. The Labute approximate surface area is 90.8 Å². The van der Waals surface area contributed by atoms with E-state index in [2.05, 4.69) is 4.98 Å². The van der Waals surface area contributed by atoms with Crippen molar-refractivity contribution in [1.29, 1.82) is 5.26 Å². The summed E-state index contributed by atoms with van der Waals surface area (Å²) in [6, 6.07) is 9.21. The summed E-state index contributed by atoms with van der Waals surface area (Å²) in [5.41, 5.74) is 1.12.